The number of benzene rings is 3. The zero-order chi connectivity index (χ0) is 27.2. The maximum atomic E-state index is 13.8. The molecule has 3 aromatic carbocycles. The third kappa shape index (κ3) is 7.33. The molecular weight excluding hydrogens is 510 g/mol. The van der Waals surface area contributed by atoms with Gasteiger partial charge < -0.3 is 10.2 Å². The van der Waals surface area contributed by atoms with Crippen molar-refractivity contribution >= 4 is 39.1 Å². The van der Waals surface area contributed by atoms with Crippen molar-refractivity contribution < 1.29 is 18.0 Å². The molecule has 3 aromatic rings. The minimum Gasteiger partial charge on any atom is -0.352 e. The molecule has 0 aliphatic carbocycles. The normalized spacial score (nSPS) is 12.2. The first kappa shape index (κ1) is 28.2. The van der Waals surface area contributed by atoms with Crippen LogP contribution in [-0.2, 0) is 26.2 Å². The smallest absolute Gasteiger partial charge is 0.264 e. The van der Waals surface area contributed by atoms with Crippen LogP contribution in [0.2, 0.25) is 5.02 Å². The standard InChI is InChI=1S/C28H32ClN3O4S/c1-20(2)30-28(34)22(4)31(18-23-9-8-10-24(29)17-23)27(33)19-32(25-15-13-21(3)14-16-25)37(35,36)26-11-6-5-7-12-26/h5-17,20,22H,18-19H2,1-4H3,(H,30,34). The minimum atomic E-state index is -4.08. The van der Waals surface area contributed by atoms with E-state index in [0.29, 0.717) is 10.7 Å². The van der Waals surface area contributed by atoms with Gasteiger partial charge in [0.15, 0.2) is 0 Å². The monoisotopic (exact) mass is 541 g/mol. The Morgan fingerprint density at radius 3 is 2.16 bits per heavy atom. The number of halogens is 1. The largest absolute Gasteiger partial charge is 0.352 e. The van der Waals surface area contributed by atoms with E-state index in [9.17, 15) is 18.0 Å². The number of carbonyl (C=O) groups is 2. The van der Waals surface area contributed by atoms with Crippen LogP contribution in [0.15, 0.2) is 83.8 Å². The Balaban J connectivity index is 2.01. The van der Waals surface area contributed by atoms with Crippen molar-refractivity contribution in [1.29, 1.82) is 0 Å². The molecule has 1 atom stereocenters. The van der Waals surface area contributed by atoms with Crippen molar-refractivity contribution in [2.45, 2.75) is 51.2 Å². The lowest BCUT2D eigenvalue weighted by Crippen LogP contribution is -2.52. The van der Waals surface area contributed by atoms with Gasteiger partial charge in [0.25, 0.3) is 10.0 Å². The molecule has 7 nitrogen and oxygen atoms in total. The summed E-state index contributed by atoms with van der Waals surface area (Å²) in [7, 11) is -4.08. The van der Waals surface area contributed by atoms with Crippen LogP contribution in [-0.4, -0.2) is 43.8 Å². The van der Waals surface area contributed by atoms with Gasteiger partial charge in [0.2, 0.25) is 11.8 Å². The first-order chi connectivity index (χ1) is 17.5. The predicted molar refractivity (Wildman–Crippen MR) is 147 cm³/mol. The van der Waals surface area contributed by atoms with E-state index in [2.05, 4.69) is 5.32 Å². The minimum absolute atomic E-state index is 0.0652. The number of rotatable bonds is 10. The fourth-order valence-corrected chi connectivity index (χ4v) is 5.43. The topological polar surface area (TPSA) is 86.8 Å². The maximum absolute atomic E-state index is 13.8. The lowest BCUT2D eigenvalue weighted by atomic mass is 10.1. The Morgan fingerprint density at radius 1 is 0.919 bits per heavy atom. The number of carbonyl (C=O) groups excluding carboxylic acids is 2. The molecular formula is C28H32ClN3O4S. The Labute approximate surface area is 224 Å². The van der Waals surface area contributed by atoms with Crippen LogP contribution >= 0.6 is 11.6 Å². The number of nitrogens with zero attached hydrogens (tertiary/aromatic N) is 2. The average molecular weight is 542 g/mol. The molecule has 0 aromatic heterocycles. The van der Waals surface area contributed by atoms with Crippen LogP contribution < -0.4 is 9.62 Å². The second-order valence-corrected chi connectivity index (χ2v) is 11.4. The summed E-state index contributed by atoms with van der Waals surface area (Å²) in [6.45, 7) is 6.78. The first-order valence-corrected chi connectivity index (χ1v) is 13.8. The third-order valence-corrected chi connectivity index (χ3v) is 7.80. The number of hydrogen-bond acceptors (Lipinski definition) is 4. The van der Waals surface area contributed by atoms with Crippen molar-refractivity contribution in [3.05, 3.63) is 95.0 Å². The van der Waals surface area contributed by atoms with Gasteiger partial charge in [-0.2, -0.15) is 0 Å². The fraction of sp³-hybridized carbons (Fsp3) is 0.286. The molecule has 0 saturated heterocycles. The number of anilines is 1. The summed E-state index contributed by atoms with van der Waals surface area (Å²) in [5.41, 5.74) is 2.02. The average Bonchev–Trinajstić information content (AvgIpc) is 2.86. The molecule has 0 heterocycles. The van der Waals surface area contributed by atoms with Crippen molar-refractivity contribution in [3.63, 3.8) is 0 Å². The van der Waals surface area contributed by atoms with Crippen LogP contribution in [0.3, 0.4) is 0 Å². The van der Waals surface area contributed by atoms with Crippen LogP contribution in [0.25, 0.3) is 0 Å². The second kappa shape index (κ2) is 12.3. The predicted octanol–water partition coefficient (Wildman–Crippen LogP) is 4.79. The van der Waals surface area contributed by atoms with E-state index in [1.165, 1.54) is 17.0 Å². The number of hydrogen-bond donors (Lipinski definition) is 1. The van der Waals surface area contributed by atoms with E-state index in [1.54, 1.807) is 73.7 Å². The summed E-state index contributed by atoms with van der Waals surface area (Å²) >= 11 is 6.15. The third-order valence-electron chi connectivity index (χ3n) is 5.77. The molecule has 0 radical (unpaired) electrons. The van der Waals surface area contributed by atoms with Crippen molar-refractivity contribution in [3.8, 4) is 0 Å². The van der Waals surface area contributed by atoms with E-state index in [1.807, 2.05) is 20.8 Å². The Morgan fingerprint density at radius 2 is 1.57 bits per heavy atom. The first-order valence-electron chi connectivity index (χ1n) is 12.0. The highest BCUT2D eigenvalue weighted by atomic mass is 35.5. The summed E-state index contributed by atoms with van der Waals surface area (Å²) in [5.74, 6) is -0.857. The summed E-state index contributed by atoms with van der Waals surface area (Å²) in [5, 5.41) is 3.33. The Bertz CT molecular complexity index is 1330. The molecule has 0 saturated carbocycles. The van der Waals surface area contributed by atoms with Crippen molar-refractivity contribution in [2.24, 2.45) is 0 Å². The summed E-state index contributed by atoms with van der Waals surface area (Å²) in [6.07, 6.45) is 0. The van der Waals surface area contributed by atoms with Gasteiger partial charge in [0.05, 0.1) is 10.6 Å². The van der Waals surface area contributed by atoms with E-state index >= 15 is 0 Å². The molecule has 0 fully saturated rings. The zero-order valence-electron chi connectivity index (χ0n) is 21.4. The highest BCUT2D eigenvalue weighted by molar-refractivity contribution is 7.92. The Hall–Kier alpha value is -3.36. The van der Waals surface area contributed by atoms with Gasteiger partial charge in [-0.3, -0.25) is 13.9 Å². The molecule has 196 valence electrons. The molecule has 9 heteroatoms. The fourth-order valence-electron chi connectivity index (χ4n) is 3.78. The molecule has 1 unspecified atom stereocenters. The molecule has 0 bridgehead atoms. The van der Waals surface area contributed by atoms with Gasteiger partial charge in [0, 0.05) is 17.6 Å². The van der Waals surface area contributed by atoms with E-state index in [4.69, 9.17) is 11.6 Å². The molecule has 3 rings (SSSR count). The van der Waals surface area contributed by atoms with Gasteiger partial charge in [0.1, 0.15) is 12.6 Å². The lowest BCUT2D eigenvalue weighted by Gasteiger charge is -2.32. The van der Waals surface area contributed by atoms with E-state index in [-0.39, 0.29) is 23.4 Å². The lowest BCUT2D eigenvalue weighted by molar-refractivity contribution is -0.139. The van der Waals surface area contributed by atoms with Gasteiger partial charge in [-0.15, -0.1) is 0 Å². The van der Waals surface area contributed by atoms with E-state index in [0.717, 1.165) is 15.4 Å². The maximum Gasteiger partial charge on any atom is 0.264 e. The van der Waals surface area contributed by atoms with Crippen LogP contribution in [0.5, 0.6) is 0 Å². The molecule has 0 aliphatic heterocycles. The highest BCUT2D eigenvalue weighted by Crippen LogP contribution is 2.25. The Kier molecular flexibility index (Phi) is 9.34. The van der Waals surface area contributed by atoms with Gasteiger partial charge in [-0.05, 0) is 69.7 Å². The second-order valence-electron chi connectivity index (χ2n) is 9.15. The van der Waals surface area contributed by atoms with Crippen molar-refractivity contribution in [2.75, 3.05) is 10.8 Å². The molecule has 37 heavy (non-hydrogen) atoms. The molecule has 0 aliphatic rings. The number of nitrogens with one attached hydrogen (secondary N) is 1. The van der Waals surface area contributed by atoms with E-state index < -0.39 is 28.5 Å². The quantitative estimate of drug-likeness (QED) is 0.400. The molecule has 0 spiro atoms. The van der Waals surface area contributed by atoms with Gasteiger partial charge in [-0.1, -0.05) is 59.6 Å². The van der Waals surface area contributed by atoms with Crippen LogP contribution in [0.1, 0.15) is 31.9 Å². The molecule has 2 amide bonds. The number of amides is 2. The van der Waals surface area contributed by atoms with Crippen LogP contribution in [0.4, 0.5) is 5.69 Å². The summed E-state index contributed by atoms with van der Waals surface area (Å²) < 4.78 is 28.5. The van der Waals surface area contributed by atoms with Gasteiger partial charge >= 0.3 is 0 Å². The highest BCUT2D eigenvalue weighted by Gasteiger charge is 2.32. The zero-order valence-corrected chi connectivity index (χ0v) is 23.0. The summed E-state index contributed by atoms with van der Waals surface area (Å²) in [4.78, 5) is 28.2. The van der Waals surface area contributed by atoms with Gasteiger partial charge in [-0.25, -0.2) is 8.42 Å². The SMILES string of the molecule is Cc1ccc(N(CC(=O)N(Cc2cccc(Cl)c2)C(C)C(=O)NC(C)C)S(=O)(=O)c2ccccc2)cc1. The number of aryl methyl sites for hydroxylation is 1. The summed E-state index contributed by atoms with van der Waals surface area (Å²) in [6, 6.07) is 20.9. The van der Waals surface area contributed by atoms with Crippen LogP contribution in [0, 0.1) is 6.92 Å². The molecule has 1 N–H and O–H groups in total. The van der Waals surface area contributed by atoms with Crippen molar-refractivity contribution in [1.82, 2.24) is 10.2 Å². The number of sulfonamides is 1.